The molecule has 0 saturated carbocycles. The average molecular weight is 271 g/mol. The van der Waals surface area contributed by atoms with E-state index < -0.39 is 0 Å². The van der Waals surface area contributed by atoms with Gasteiger partial charge in [0.1, 0.15) is 0 Å². The zero-order valence-electron chi connectivity index (χ0n) is 4.77. The second-order valence-corrected chi connectivity index (χ2v) is 1.55. The molecule has 0 radical (unpaired) electrons. The fraction of sp³-hybridized carbons (Fsp3) is 1.00. The number of nitrogens with zero attached hydrogens (tertiary/aromatic N) is 1. The van der Waals surface area contributed by atoms with Crippen LogP contribution >= 0.6 is 0 Å². The first kappa shape index (κ1) is 10.6. The monoisotopic (exact) mass is 271 g/mol. The van der Waals surface area contributed by atoms with Gasteiger partial charge in [-0.2, -0.15) is 0 Å². The molecular formula is C4H11N2W-. The summed E-state index contributed by atoms with van der Waals surface area (Å²) in [4.78, 5) is 1.99. The van der Waals surface area contributed by atoms with Crippen molar-refractivity contribution in [2.45, 2.75) is 0 Å². The molecule has 0 heterocycles. The van der Waals surface area contributed by atoms with Gasteiger partial charge in [0.05, 0.1) is 0 Å². The third kappa shape index (κ3) is 10.8. The summed E-state index contributed by atoms with van der Waals surface area (Å²) in [6, 6.07) is 0. The van der Waals surface area contributed by atoms with Gasteiger partial charge in [-0.15, -0.1) is 6.54 Å². The number of nitrogens with one attached hydrogen (secondary N) is 1. The average Bonchev–Trinajstić information content (AvgIpc) is 1.35. The Hall–Kier alpha value is 0.608. The normalized spacial score (nSPS) is 8.57. The summed E-state index contributed by atoms with van der Waals surface area (Å²) in [5.41, 5.74) is 6.69. The Morgan fingerprint density at radius 1 is 1.43 bits per heavy atom. The van der Waals surface area contributed by atoms with Crippen molar-refractivity contribution in [1.82, 2.24) is 4.90 Å². The van der Waals surface area contributed by atoms with Crippen molar-refractivity contribution in [2.24, 2.45) is 0 Å². The van der Waals surface area contributed by atoms with Crippen LogP contribution in [0.15, 0.2) is 0 Å². The Morgan fingerprint density at radius 2 is 1.86 bits per heavy atom. The van der Waals surface area contributed by atoms with E-state index in [4.69, 9.17) is 5.73 Å². The molecule has 0 aromatic carbocycles. The van der Waals surface area contributed by atoms with Gasteiger partial charge in [0.25, 0.3) is 0 Å². The van der Waals surface area contributed by atoms with Crippen molar-refractivity contribution in [3.05, 3.63) is 5.73 Å². The van der Waals surface area contributed by atoms with Crippen LogP contribution in [0.2, 0.25) is 0 Å². The molecule has 0 saturated heterocycles. The van der Waals surface area contributed by atoms with Gasteiger partial charge >= 0.3 is 0 Å². The smallest absolute Gasteiger partial charge is 0 e. The second-order valence-electron chi connectivity index (χ2n) is 1.55. The summed E-state index contributed by atoms with van der Waals surface area (Å²) in [6.45, 7) is 1.38. The van der Waals surface area contributed by atoms with Gasteiger partial charge in [0, 0.05) is 21.1 Å². The first-order valence-corrected chi connectivity index (χ1v) is 2.06. The summed E-state index contributed by atoms with van der Waals surface area (Å²) < 4.78 is 0. The van der Waals surface area contributed by atoms with Crippen LogP contribution in [-0.2, 0) is 21.1 Å². The van der Waals surface area contributed by atoms with E-state index in [1.165, 1.54) is 0 Å². The molecule has 0 bridgehead atoms. The minimum Gasteiger partial charge on any atom is -0.676 e. The van der Waals surface area contributed by atoms with Crippen molar-refractivity contribution < 1.29 is 21.1 Å². The first-order chi connectivity index (χ1) is 2.77. The molecule has 44 valence electrons. The number of likely N-dealkylation sites (N-methyl/N-ethyl adjacent to an activating group) is 1. The number of rotatable bonds is 2. The standard InChI is InChI=1S/C4H11N2.W/c1-6(2)4-3-5;/h5H,3-4H2,1-2H3;/q-1;. The molecule has 0 aliphatic carbocycles. The van der Waals surface area contributed by atoms with Gasteiger partial charge < -0.3 is 10.6 Å². The van der Waals surface area contributed by atoms with Crippen LogP contribution < -0.4 is 0 Å². The maximum absolute atomic E-state index is 6.69. The summed E-state index contributed by atoms with van der Waals surface area (Å²) in [5.74, 6) is 0. The number of hydrogen-bond acceptors (Lipinski definition) is 1. The molecule has 0 atom stereocenters. The predicted molar refractivity (Wildman–Crippen MR) is 27.7 cm³/mol. The minimum atomic E-state index is 0. The summed E-state index contributed by atoms with van der Waals surface area (Å²) in [7, 11) is 3.93. The molecule has 1 N–H and O–H groups in total. The van der Waals surface area contributed by atoms with E-state index in [9.17, 15) is 0 Å². The molecule has 0 aliphatic rings. The van der Waals surface area contributed by atoms with Gasteiger partial charge in [0.2, 0.25) is 0 Å². The van der Waals surface area contributed by atoms with E-state index >= 15 is 0 Å². The van der Waals surface area contributed by atoms with E-state index in [1.807, 2.05) is 19.0 Å². The molecule has 0 aromatic rings. The van der Waals surface area contributed by atoms with Gasteiger partial charge in [-0.05, 0) is 20.6 Å². The molecule has 0 aromatic heterocycles. The Balaban J connectivity index is 0. The van der Waals surface area contributed by atoms with Crippen LogP contribution in [0.4, 0.5) is 0 Å². The van der Waals surface area contributed by atoms with Crippen LogP contribution in [0.1, 0.15) is 0 Å². The molecule has 0 fully saturated rings. The van der Waals surface area contributed by atoms with Gasteiger partial charge in [-0.3, -0.25) is 0 Å². The number of hydrogen-bond donors (Lipinski definition) is 0. The van der Waals surface area contributed by atoms with Gasteiger partial charge in [-0.1, -0.05) is 0 Å². The fourth-order valence-electron chi connectivity index (χ4n) is 0.224. The van der Waals surface area contributed by atoms with Crippen LogP contribution in [0.25, 0.3) is 5.73 Å². The maximum Gasteiger partial charge on any atom is 0 e. The third-order valence-corrected chi connectivity index (χ3v) is 0.559. The Labute approximate surface area is 59.3 Å². The van der Waals surface area contributed by atoms with E-state index in [2.05, 4.69) is 0 Å². The minimum absolute atomic E-state index is 0. The van der Waals surface area contributed by atoms with Crippen molar-refractivity contribution in [2.75, 3.05) is 27.2 Å². The van der Waals surface area contributed by atoms with E-state index in [-0.39, 0.29) is 21.1 Å². The Kier molecular flexibility index (Phi) is 9.97. The van der Waals surface area contributed by atoms with Crippen molar-refractivity contribution in [1.29, 1.82) is 0 Å². The summed E-state index contributed by atoms with van der Waals surface area (Å²) >= 11 is 0. The zero-order chi connectivity index (χ0) is 4.99. The maximum atomic E-state index is 6.69. The van der Waals surface area contributed by atoms with E-state index in [1.54, 1.807) is 0 Å². The largest absolute Gasteiger partial charge is 0.676 e. The van der Waals surface area contributed by atoms with Gasteiger partial charge in [0.15, 0.2) is 0 Å². The van der Waals surface area contributed by atoms with Crippen molar-refractivity contribution in [3.63, 3.8) is 0 Å². The molecular weight excluding hydrogens is 260 g/mol. The van der Waals surface area contributed by atoms with Crippen molar-refractivity contribution >= 4 is 0 Å². The molecule has 0 aliphatic heterocycles. The SMILES string of the molecule is CN(C)CC[NH-].[W]. The molecule has 3 heteroatoms. The molecule has 2 nitrogen and oxygen atoms in total. The molecule has 0 amide bonds. The quantitative estimate of drug-likeness (QED) is 0.722. The molecule has 0 unspecified atom stereocenters. The molecule has 0 spiro atoms. The van der Waals surface area contributed by atoms with Crippen LogP contribution in [0.5, 0.6) is 0 Å². The van der Waals surface area contributed by atoms with Crippen LogP contribution in [-0.4, -0.2) is 32.1 Å². The Bertz CT molecular complexity index is 30.9. The predicted octanol–water partition coefficient (Wildman–Crippen LogP) is 0.598. The van der Waals surface area contributed by atoms with Crippen LogP contribution in [0.3, 0.4) is 0 Å². The van der Waals surface area contributed by atoms with Crippen molar-refractivity contribution in [3.8, 4) is 0 Å². The topological polar surface area (TPSA) is 27.0 Å². The van der Waals surface area contributed by atoms with E-state index in [0.29, 0.717) is 6.54 Å². The molecule has 7 heavy (non-hydrogen) atoms. The molecule has 0 rings (SSSR count). The zero-order valence-corrected chi connectivity index (χ0v) is 7.70. The third-order valence-electron chi connectivity index (χ3n) is 0.559. The fourth-order valence-corrected chi connectivity index (χ4v) is 0.224. The first-order valence-electron chi connectivity index (χ1n) is 2.06. The van der Waals surface area contributed by atoms with Crippen LogP contribution in [0, 0.1) is 0 Å². The Morgan fingerprint density at radius 3 is 1.86 bits per heavy atom. The summed E-state index contributed by atoms with van der Waals surface area (Å²) in [6.07, 6.45) is 0. The van der Waals surface area contributed by atoms with Gasteiger partial charge in [-0.25, -0.2) is 0 Å². The second kappa shape index (κ2) is 6.61. The summed E-state index contributed by atoms with van der Waals surface area (Å²) in [5, 5.41) is 0. The van der Waals surface area contributed by atoms with E-state index in [0.717, 1.165) is 6.54 Å².